The third-order valence-corrected chi connectivity index (χ3v) is 5.94. The molecule has 0 radical (unpaired) electrons. The van der Waals surface area contributed by atoms with Crippen molar-refractivity contribution in [3.63, 3.8) is 0 Å². The molecule has 0 aromatic heterocycles. The fourth-order valence-electron chi connectivity index (χ4n) is 4.43. The van der Waals surface area contributed by atoms with E-state index in [9.17, 15) is 19.2 Å². The van der Waals surface area contributed by atoms with Gasteiger partial charge in [0.15, 0.2) is 0 Å². The van der Waals surface area contributed by atoms with Gasteiger partial charge in [-0.05, 0) is 56.8 Å². The van der Waals surface area contributed by atoms with Crippen LogP contribution in [0.15, 0.2) is 18.2 Å². The summed E-state index contributed by atoms with van der Waals surface area (Å²) >= 11 is 0. The summed E-state index contributed by atoms with van der Waals surface area (Å²) in [6, 6.07) is 4.90. The first-order valence-electron chi connectivity index (χ1n) is 10.3. The summed E-state index contributed by atoms with van der Waals surface area (Å²) < 4.78 is 0. The molecule has 3 aliphatic rings. The highest BCUT2D eigenvalue weighted by molar-refractivity contribution is 6.24. The Morgan fingerprint density at radius 2 is 1.97 bits per heavy atom. The van der Waals surface area contributed by atoms with E-state index in [1.807, 2.05) is 6.07 Å². The standard InChI is InChI=1S/C21H26N4O4/c26-17-9-8-16(19(27)24-17)25-20(28)15-7-1-4-13(18(15)21(25)29)12-22-10-2-5-14-6-3-11-23-14/h1,4,7,14,16,22-23H,2-3,5-6,8-12H2,(H,24,26,27). The van der Waals surface area contributed by atoms with Crippen molar-refractivity contribution in [2.45, 2.75) is 57.2 Å². The second-order valence-corrected chi connectivity index (χ2v) is 7.90. The topological polar surface area (TPSA) is 108 Å². The van der Waals surface area contributed by atoms with Crippen molar-refractivity contribution in [2.75, 3.05) is 13.1 Å². The van der Waals surface area contributed by atoms with Crippen molar-refractivity contribution in [1.82, 2.24) is 20.9 Å². The van der Waals surface area contributed by atoms with Gasteiger partial charge in [0.1, 0.15) is 6.04 Å². The lowest BCUT2D eigenvalue weighted by Gasteiger charge is -2.27. The van der Waals surface area contributed by atoms with E-state index in [4.69, 9.17) is 0 Å². The minimum atomic E-state index is -0.931. The SMILES string of the molecule is O=C1CCC(N2C(=O)c3cccc(CNCCCC4CCCN4)c3C2=O)C(=O)N1. The van der Waals surface area contributed by atoms with E-state index in [0.717, 1.165) is 36.4 Å². The molecule has 0 bridgehead atoms. The summed E-state index contributed by atoms with van der Waals surface area (Å²) in [6.45, 7) is 2.43. The molecule has 2 fully saturated rings. The Hall–Kier alpha value is -2.58. The van der Waals surface area contributed by atoms with Gasteiger partial charge in [0, 0.05) is 19.0 Å². The first-order valence-corrected chi connectivity index (χ1v) is 10.3. The molecule has 0 saturated carbocycles. The zero-order valence-corrected chi connectivity index (χ0v) is 16.3. The number of carbonyl (C=O) groups excluding carboxylic acids is 4. The molecule has 154 valence electrons. The number of carbonyl (C=O) groups is 4. The van der Waals surface area contributed by atoms with Gasteiger partial charge in [-0.15, -0.1) is 0 Å². The van der Waals surface area contributed by atoms with E-state index in [2.05, 4.69) is 16.0 Å². The first-order chi connectivity index (χ1) is 14.1. The van der Waals surface area contributed by atoms with Gasteiger partial charge in [0.05, 0.1) is 11.1 Å². The molecule has 0 spiro atoms. The van der Waals surface area contributed by atoms with Gasteiger partial charge >= 0.3 is 0 Å². The van der Waals surface area contributed by atoms with Crippen LogP contribution in [0.5, 0.6) is 0 Å². The number of nitrogens with one attached hydrogen (secondary N) is 3. The van der Waals surface area contributed by atoms with Gasteiger partial charge in [-0.2, -0.15) is 0 Å². The molecule has 3 aliphatic heterocycles. The lowest BCUT2D eigenvalue weighted by Crippen LogP contribution is -2.54. The van der Waals surface area contributed by atoms with E-state index in [-0.39, 0.29) is 18.7 Å². The van der Waals surface area contributed by atoms with Crippen LogP contribution in [-0.2, 0) is 16.1 Å². The van der Waals surface area contributed by atoms with E-state index in [1.165, 1.54) is 12.8 Å². The highest BCUT2D eigenvalue weighted by Crippen LogP contribution is 2.29. The van der Waals surface area contributed by atoms with Crippen molar-refractivity contribution in [2.24, 2.45) is 0 Å². The molecule has 2 unspecified atom stereocenters. The molecule has 1 aromatic carbocycles. The zero-order valence-electron chi connectivity index (χ0n) is 16.3. The third kappa shape index (κ3) is 3.95. The van der Waals surface area contributed by atoms with Crippen LogP contribution in [0.3, 0.4) is 0 Å². The van der Waals surface area contributed by atoms with Crippen molar-refractivity contribution in [3.8, 4) is 0 Å². The minimum absolute atomic E-state index is 0.119. The molecule has 8 nitrogen and oxygen atoms in total. The van der Waals surface area contributed by atoms with Gasteiger partial charge in [-0.1, -0.05) is 12.1 Å². The van der Waals surface area contributed by atoms with Gasteiger partial charge in [0.25, 0.3) is 11.8 Å². The Bertz CT molecular complexity index is 847. The Morgan fingerprint density at radius 3 is 2.72 bits per heavy atom. The quantitative estimate of drug-likeness (QED) is 0.461. The number of imide groups is 2. The lowest BCUT2D eigenvalue weighted by molar-refractivity contribution is -0.136. The monoisotopic (exact) mass is 398 g/mol. The highest BCUT2D eigenvalue weighted by atomic mass is 16.2. The fraction of sp³-hybridized carbons (Fsp3) is 0.524. The van der Waals surface area contributed by atoms with Crippen molar-refractivity contribution in [1.29, 1.82) is 0 Å². The van der Waals surface area contributed by atoms with Gasteiger partial charge in [-0.25, -0.2) is 0 Å². The van der Waals surface area contributed by atoms with Crippen LogP contribution >= 0.6 is 0 Å². The maximum absolute atomic E-state index is 13.0. The molecule has 4 amide bonds. The predicted octanol–water partition coefficient (Wildman–Crippen LogP) is 0.710. The van der Waals surface area contributed by atoms with E-state index in [0.29, 0.717) is 23.7 Å². The van der Waals surface area contributed by atoms with Crippen LogP contribution in [0.1, 0.15) is 64.8 Å². The molecule has 29 heavy (non-hydrogen) atoms. The molecular weight excluding hydrogens is 372 g/mol. The van der Waals surface area contributed by atoms with Gasteiger partial charge in [0.2, 0.25) is 11.8 Å². The van der Waals surface area contributed by atoms with Gasteiger partial charge < -0.3 is 10.6 Å². The van der Waals surface area contributed by atoms with Crippen LogP contribution in [-0.4, -0.2) is 53.7 Å². The summed E-state index contributed by atoms with van der Waals surface area (Å²) in [5, 5.41) is 9.07. The molecule has 0 aliphatic carbocycles. The number of benzene rings is 1. The molecule has 3 heterocycles. The van der Waals surface area contributed by atoms with Crippen LogP contribution in [0.25, 0.3) is 0 Å². The van der Waals surface area contributed by atoms with Crippen molar-refractivity contribution in [3.05, 3.63) is 34.9 Å². The highest BCUT2D eigenvalue weighted by Gasteiger charge is 2.45. The normalized spacial score (nSPS) is 24.2. The summed E-state index contributed by atoms with van der Waals surface area (Å²) in [4.78, 5) is 50.4. The molecule has 3 N–H and O–H groups in total. The minimum Gasteiger partial charge on any atom is -0.314 e. The molecule has 2 saturated heterocycles. The Balaban J connectivity index is 1.40. The maximum atomic E-state index is 13.0. The Morgan fingerprint density at radius 1 is 1.10 bits per heavy atom. The number of nitrogens with zero attached hydrogens (tertiary/aromatic N) is 1. The van der Waals surface area contributed by atoms with Crippen molar-refractivity contribution < 1.29 is 19.2 Å². The fourth-order valence-corrected chi connectivity index (χ4v) is 4.43. The van der Waals surface area contributed by atoms with E-state index < -0.39 is 23.8 Å². The van der Waals surface area contributed by atoms with Crippen LogP contribution in [0, 0.1) is 0 Å². The number of fused-ring (bicyclic) bond motifs is 1. The average molecular weight is 398 g/mol. The van der Waals surface area contributed by atoms with Crippen LogP contribution in [0.2, 0.25) is 0 Å². The van der Waals surface area contributed by atoms with Crippen molar-refractivity contribution >= 4 is 23.6 Å². The second kappa shape index (κ2) is 8.42. The first kappa shape index (κ1) is 19.7. The van der Waals surface area contributed by atoms with Gasteiger partial charge in [-0.3, -0.25) is 29.4 Å². The molecule has 1 aromatic rings. The zero-order chi connectivity index (χ0) is 20.4. The number of piperidine rings is 1. The maximum Gasteiger partial charge on any atom is 0.262 e. The molecule has 8 heteroatoms. The molecular formula is C21H26N4O4. The summed E-state index contributed by atoms with van der Waals surface area (Å²) in [5.41, 5.74) is 1.45. The smallest absolute Gasteiger partial charge is 0.262 e. The van der Waals surface area contributed by atoms with E-state index >= 15 is 0 Å². The summed E-state index contributed by atoms with van der Waals surface area (Å²) in [6.07, 6.45) is 4.93. The number of amides is 4. The predicted molar refractivity (Wildman–Crippen MR) is 105 cm³/mol. The second-order valence-electron chi connectivity index (χ2n) is 7.90. The summed E-state index contributed by atoms with van der Waals surface area (Å²) in [7, 11) is 0. The lowest BCUT2D eigenvalue weighted by atomic mass is 10.0. The average Bonchev–Trinajstić information content (AvgIpc) is 3.30. The van der Waals surface area contributed by atoms with Crippen LogP contribution < -0.4 is 16.0 Å². The summed E-state index contributed by atoms with van der Waals surface area (Å²) in [5.74, 6) is -1.88. The Kier molecular flexibility index (Phi) is 5.73. The van der Waals surface area contributed by atoms with E-state index in [1.54, 1.807) is 12.1 Å². The number of hydrogen-bond donors (Lipinski definition) is 3. The number of hydrogen-bond acceptors (Lipinski definition) is 6. The largest absolute Gasteiger partial charge is 0.314 e. The Labute approximate surface area is 169 Å². The van der Waals surface area contributed by atoms with Crippen LogP contribution in [0.4, 0.5) is 0 Å². The third-order valence-electron chi connectivity index (χ3n) is 5.94. The molecule has 2 atom stereocenters. The molecule has 4 rings (SSSR count). The number of rotatable bonds is 7.